The van der Waals surface area contributed by atoms with Gasteiger partial charge in [-0.15, -0.1) is 0 Å². The molecule has 4 heteroatoms. The molecule has 2 rings (SSSR count). The first-order chi connectivity index (χ1) is 9.29. The minimum Gasteiger partial charge on any atom is -0.337 e. The summed E-state index contributed by atoms with van der Waals surface area (Å²) in [5, 5.41) is 0. The first-order valence-corrected chi connectivity index (χ1v) is 6.71. The van der Waals surface area contributed by atoms with Crippen LogP contribution < -0.4 is 5.73 Å². The Hall–Kier alpha value is -1.65. The molecule has 102 valence electrons. The number of aromatic nitrogens is 2. The lowest BCUT2D eigenvalue weighted by Gasteiger charge is -2.21. The highest BCUT2D eigenvalue weighted by atomic mass is 15.2. The second-order valence-corrected chi connectivity index (χ2v) is 4.80. The van der Waals surface area contributed by atoms with Gasteiger partial charge in [0.25, 0.3) is 0 Å². The van der Waals surface area contributed by atoms with Gasteiger partial charge in [-0.25, -0.2) is 4.98 Å². The SMILES string of the molecule is Cn1cncc1CN(CCN)CCc1ccccc1. The third-order valence-corrected chi connectivity index (χ3v) is 3.31. The van der Waals surface area contributed by atoms with Crippen LogP contribution in [0.2, 0.25) is 0 Å². The molecule has 0 fully saturated rings. The maximum Gasteiger partial charge on any atom is 0.0945 e. The first-order valence-electron chi connectivity index (χ1n) is 6.71. The molecule has 1 heterocycles. The van der Waals surface area contributed by atoms with Gasteiger partial charge >= 0.3 is 0 Å². The number of benzene rings is 1. The van der Waals surface area contributed by atoms with Gasteiger partial charge in [-0.1, -0.05) is 30.3 Å². The van der Waals surface area contributed by atoms with Crippen LogP contribution in [0.3, 0.4) is 0 Å². The van der Waals surface area contributed by atoms with E-state index in [2.05, 4.69) is 44.8 Å². The van der Waals surface area contributed by atoms with Gasteiger partial charge in [0.15, 0.2) is 0 Å². The first kappa shape index (κ1) is 13.8. The van der Waals surface area contributed by atoms with E-state index in [-0.39, 0.29) is 0 Å². The molecule has 0 bridgehead atoms. The van der Waals surface area contributed by atoms with Crippen molar-refractivity contribution in [1.82, 2.24) is 14.5 Å². The monoisotopic (exact) mass is 258 g/mol. The zero-order valence-electron chi connectivity index (χ0n) is 11.5. The molecule has 1 aromatic heterocycles. The summed E-state index contributed by atoms with van der Waals surface area (Å²) >= 11 is 0. The molecule has 0 unspecified atom stereocenters. The van der Waals surface area contributed by atoms with Gasteiger partial charge in [0.05, 0.1) is 12.0 Å². The van der Waals surface area contributed by atoms with Gasteiger partial charge in [0.1, 0.15) is 0 Å². The highest BCUT2D eigenvalue weighted by Gasteiger charge is 2.07. The molecule has 0 aliphatic rings. The van der Waals surface area contributed by atoms with E-state index in [0.717, 1.165) is 26.1 Å². The van der Waals surface area contributed by atoms with Gasteiger partial charge in [-0.05, 0) is 12.0 Å². The van der Waals surface area contributed by atoms with E-state index in [1.165, 1.54) is 11.3 Å². The van der Waals surface area contributed by atoms with E-state index in [9.17, 15) is 0 Å². The van der Waals surface area contributed by atoms with Crippen molar-refractivity contribution in [3.8, 4) is 0 Å². The van der Waals surface area contributed by atoms with Crippen molar-refractivity contribution in [1.29, 1.82) is 0 Å². The zero-order valence-corrected chi connectivity index (χ0v) is 11.5. The minimum atomic E-state index is 0.687. The van der Waals surface area contributed by atoms with Crippen LogP contribution in [-0.2, 0) is 20.0 Å². The van der Waals surface area contributed by atoms with Gasteiger partial charge in [0.2, 0.25) is 0 Å². The van der Waals surface area contributed by atoms with Crippen LogP contribution in [0.5, 0.6) is 0 Å². The van der Waals surface area contributed by atoms with Crippen molar-refractivity contribution in [2.75, 3.05) is 19.6 Å². The summed E-state index contributed by atoms with van der Waals surface area (Å²) in [6.45, 7) is 3.53. The van der Waals surface area contributed by atoms with Crippen molar-refractivity contribution in [2.45, 2.75) is 13.0 Å². The largest absolute Gasteiger partial charge is 0.337 e. The molecule has 0 amide bonds. The third-order valence-electron chi connectivity index (χ3n) is 3.31. The van der Waals surface area contributed by atoms with Crippen LogP contribution in [0, 0.1) is 0 Å². The minimum absolute atomic E-state index is 0.687. The summed E-state index contributed by atoms with van der Waals surface area (Å²) < 4.78 is 2.06. The van der Waals surface area contributed by atoms with Crippen molar-refractivity contribution in [3.05, 3.63) is 54.1 Å². The fraction of sp³-hybridized carbons (Fsp3) is 0.400. The number of imidazole rings is 1. The molecule has 4 nitrogen and oxygen atoms in total. The van der Waals surface area contributed by atoms with E-state index in [1.807, 2.05) is 19.6 Å². The van der Waals surface area contributed by atoms with Crippen LogP contribution in [0.1, 0.15) is 11.3 Å². The number of hydrogen-bond donors (Lipinski definition) is 1. The van der Waals surface area contributed by atoms with Crippen molar-refractivity contribution >= 4 is 0 Å². The fourth-order valence-corrected chi connectivity index (χ4v) is 2.15. The van der Waals surface area contributed by atoms with Gasteiger partial charge in [-0.3, -0.25) is 4.90 Å². The topological polar surface area (TPSA) is 47.1 Å². The van der Waals surface area contributed by atoms with Crippen molar-refractivity contribution < 1.29 is 0 Å². The third kappa shape index (κ3) is 4.19. The molecule has 0 aliphatic heterocycles. The van der Waals surface area contributed by atoms with Crippen LogP contribution in [0.25, 0.3) is 0 Å². The molecule has 1 aromatic carbocycles. The number of aryl methyl sites for hydroxylation is 1. The molecule has 0 aliphatic carbocycles. The molecular weight excluding hydrogens is 236 g/mol. The van der Waals surface area contributed by atoms with E-state index >= 15 is 0 Å². The van der Waals surface area contributed by atoms with Gasteiger partial charge < -0.3 is 10.3 Å². The molecular formula is C15H22N4. The quantitative estimate of drug-likeness (QED) is 0.817. The Kier molecular flexibility index (Phi) is 5.12. The molecule has 0 spiro atoms. The average molecular weight is 258 g/mol. The Morgan fingerprint density at radius 3 is 2.63 bits per heavy atom. The number of nitrogens with zero attached hydrogens (tertiary/aromatic N) is 3. The summed E-state index contributed by atoms with van der Waals surface area (Å²) in [4.78, 5) is 6.54. The van der Waals surface area contributed by atoms with E-state index < -0.39 is 0 Å². The predicted molar refractivity (Wildman–Crippen MR) is 77.7 cm³/mol. The highest BCUT2D eigenvalue weighted by Crippen LogP contribution is 2.06. The summed E-state index contributed by atoms with van der Waals surface area (Å²) in [6, 6.07) is 10.6. The molecule has 19 heavy (non-hydrogen) atoms. The van der Waals surface area contributed by atoms with Crippen molar-refractivity contribution in [3.63, 3.8) is 0 Å². The summed E-state index contributed by atoms with van der Waals surface area (Å²) in [7, 11) is 2.03. The lowest BCUT2D eigenvalue weighted by atomic mass is 10.1. The van der Waals surface area contributed by atoms with Gasteiger partial charge in [-0.2, -0.15) is 0 Å². The maximum absolute atomic E-state index is 5.70. The van der Waals surface area contributed by atoms with Gasteiger partial charge in [0, 0.05) is 39.4 Å². The molecule has 2 aromatic rings. The van der Waals surface area contributed by atoms with E-state index in [1.54, 1.807) is 0 Å². The Morgan fingerprint density at radius 2 is 2.00 bits per heavy atom. The van der Waals surface area contributed by atoms with E-state index in [4.69, 9.17) is 5.73 Å². The van der Waals surface area contributed by atoms with Crippen LogP contribution >= 0.6 is 0 Å². The second kappa shape index (κ2) is 7.07. The maximum atomic E-state index is 5.70. The number of hydrogen-bond acceptors (Lipinski definition) is 3. The Bertz CT molecular complexity index is 478. The second-order valence-electron chi connectivity index (χ2n) is 4.80. The summed E-state index contributed by atoms with van der Waals surface area (Å²) in [6.07, 6.45) is 4.82. The Balaban J connectivity index is 1.91. The van der Waals surface area contributed by atoms with Crippen molar-refractivity contribution in [2.24, 2.45) is 12.8 Å². The average Bonchev–Trinajstić information content (AvgIpc) is 2.83. The zero-order chi connectivity index (χ0) is 13.5. The van der Waals surface area contributed by atoms with Crippen LogP contribution in [0.4, 0.5) is 0 Å². The highest BCUT2D eigenvalue weighted by molar-refractivity contribution is 5.14. The lowest BCUT2D eigenvalue weighted by molar-refractivity contribution is 0.270. The fourth-order valence-electron chi connectivity index (χ4n) is 2.15. The number of nitrogens with two attached hydrogens (primary N) is 1. The predicted octanol–water partition coefficient (Wildman–Crippen LogP) is 1.42. The lowest BCUT2D eigenvalue weighted by Crippen LogP contribution is -2.31. The molecule has 2 N–H and O–H groups in total. The smallest absolute Gasteiger partial charge is 0.0945 e. The normalized spacial score (nSPS) is 11.1. The molecule has 0 saturated carbocycles. The Labute approximate surface area is 114 Å². The summed E-state index contributed by atoms with van der Waals surface area (Å²) in [5.41, 5.74) is 8.29. The van der Waals surface area contributed by atoms with E-state index in [0.29, 0.717) is 6.54 Å². The Morgan fingerprint density at radius 1 is 1.21 bits per heavy atom. The molecule has 0 radical (unpaired) electrons. The van der Waals surface area contributed by atoms with Crippen LogP contribution in [-0.4, -0.2) is 34.1 Å². The molecule has 0 atom stereocenters. The van der Waals surface area contributed by atoms with Crippen LogP contribution in [0.15, 0.2) is 42.9 Å². The molecule has 0 saturated heterocycles. The standard InChI is InChI=1S/C15H22N4/c1-18-13-17-11-15(18)12-19(10-8-16)9-7-14-5-3-2-4-6-14/h2-6,11,13H,7-10,12,16H2,1H3. The summed E-state index contributed by atoms with van der Waals surface area (Å²) in [5.74, 6) is 0. The number of rotatable bonds is 7.